The summed E-state index contributed by atoms with van der Waals surface area (Å²) in [7, 11) is 0. The topological polar surface area (TPSA) is 60.2 Å². The zero-order chi connectivity index (χ0) is 13.8. The van der Waals surface area contributed by atoms with Gasteiger partial charge in [0.2, 0.25) is 6.54 Å². The molecule has 0 aromatic heterocycles. The average Bonchev–Trinajstić information content (AvgIpc) is 2.37. The molecule has 1 fully saturated rings. The fourth-order valence-electron chi connectivity index (χ4n) is 2.80. The first-order valence-electron chi connectivity index (χ1n) is 6.48. The van der Waals surface area contributed by atoms with Crippen LogP contribution in [0.25, 0.3) is 0 Å². The number of nitro groups is 1. The van der Waals surface area contributed by atoms with Crippen molar-refractivity contribution in [1.82, 2.24) is 0 Å². The van der Waals surface area contributed by atoms with E-state index >= 15 is 0 Å². The number of hydrogen-bond acceptors (Lipinski definition) is 3. The van der Waals surface area contributed by atoms with E-state index in [0.717, 1.165) is 12.8 Å². The Morgan fingerprint density at radius 3 is 2.84 bits per heavy atom. The van der Waals surface area contributed by atoms with Gasteiger partial charge in [-0.1, -0.05) is 18.6 Å². The molecule has 5 heteroatoms. The summed E-state index contributed by atoms with van der Waals surface area (Å²) >= 11 is 0. The van der Waals surface area contributed by atoms with Crippen molar-refractivity contribution in [2.45, 2.75) is 31.6 Å². The lowest BCUT2D eigenvalue weighted by molar-refractivity contribution is -0.484. The van der Waals surface area contributed by atoms with E-state index in [2.05, 4.69) is 0 Å². The van der Waals surface area contributed by atoms with Crippen LogP contribution in [0, 0.1) is 21.8 Å². The van der Waals surface area contributed by atoms with Crippen LogP contribution in [-0.4, -0.2) is 17.3 Å². The second-order valence-corrected chi connectivity index (χ2v) is 5.00. The summed E-state index contributed by atoms with van der Waals surface area (Å²) in [6.45, 7) is -0.320. The van der Waals surface area contributed by atoms with E-state index in [-0.39, 0.29) is 18.2 Å². The molecular formula is C14H16FNO3. The highest BCUT2D eigenvalue weighted by molar-refractivity contribution is 5.82. The fourth-order valence-corrected chi connectivity index (χ4v) is 2.80. The van der Waals surface area contributed by atoms with E-state index in [1.807, 2.05) is 0 Å². The Morgan fingerprint density at radius 2 is 2.21 bits per heavy atom. The molecule has 0 radical (unpaired) electrons. The fraction of sp³-hybridized carbons (Fsp3) is 0.500. The predicted molar refractivity (Wildman–Crippen MR) is 68.0 cm³/mol. The van der Waals surface area contributed by atoms with Crippen LogP contribution in [-0.2, 0) is 4.79 Å². The van der Waals surface area contributed by atoms with Crippen molar-refractivity contribution in [3.05, 3.63) is 45.8 Å². The Hall–Kier alpha value is -1.78. The lowest BCUT2D eigenvalue weighted by Gasteiger charge is -2.27. The molecule has 2 atom stereocenters. The summed E-state index contributed by atoms with van der Waals surface area (Å²) in [5, 5.41) is 10.8. The first kappa shape index (κ1) is 13.6. The van der Waals surface area contributed by atoms with Crippen molar-refractivity contribution in [1.29, 1.82) is 0 Å². The van der Waals surface area contributed by atoms with Gasteiger partial charge in [-0.25, -0.2) is 4.39 Å². The molecular weight excluding hydrogens is 249 g/mol. The lowest BCUT2D eigenvalue weighted by atomic mass is 9.76. The van der Waals surface area contributed by atoms with Crippen molar-refractivity contribution >= 4 is 5.78 Å². The van der Waals surface area contributed by atoms with Gasteiger partial charge in [-0.15, -0.1) is 0 Å². The van der Waals surface area contributed by atoms with E-state index in [0.29, 0.717) is 18.4 Å². The van der Waals surface area contributed by atoms with Crippen molar-refractivity contribution < 1.29 is 14.1 Å². The summed E-state index contributed by atoms with van der Waals surface area (Å²) in [5.74, 6) is -1.21. The minimum absolute atomic E-state index is 0.0716. The SMILES string of the molecule is O=C1CCCC[C@H]1[C@@H](C[N+](=O)[O-])c1cccc(F)c1. The van der Waals surface area contributed by atoms with Crippen LogP contribution in [0.4, 0.5) is 4.39 Å². The van der Waals surface area contributed by atoms with Crippen LogP contribution < -0.4 is 0 Å². The van der Waals surface area contributed by atoms with Crippen LogP contribution in [0.2, 0.25) is 0 Å². The van der Waals surface area contributed by atoms with Crippen molar-refractivity contribution in [3.63, 3.8) is 0 Å². The normalized spacial score (nSPS) is 21.1. The molecule has 0 aliphatic heterocycles. The number of hydrogen-bond donors (Lipinski definition) is 0. The number of rotatable bonds is 4. The smallest absolute Gasteiger partial charge is 0.211 e. The Morgan fingerprint density at radius 1 is 1.42 bits per heavy atom. The Labute approximate surface area is 110 Å². The molecule has 0 N–H and O–H groups in total. The molecule has 1 aromatic carbocycles. The van der Waals surface area contributed by atoms with Crippen LogP contribution >= 0.6 is 0 Å². The predicted octanol–water partition coefficient (Wildman–Crippen LogP) is 2.95. The molecule has 0 saturated heterocycles. The number of halogens is 1. The second-order valence-electron chi connectivity index (χ2n) is 5.00. The first-order valence-corrected chi connectivity index (χ1v) is 6.48. The van der Waals surface area contributed by atoms with Gasteiger partial charge in [-0.05, 0) is 30.5 Å². The number of ketones is 1. The van der Waals surface area contributed by atoms with Gasteiger partial charge in [-0.2, -0.15) is 0 Å². The zero-order valence-electron chi connectivity index (χ0n) is 10.5. The lowest BCUT2D eigenvalue weighted by Crippen LogP contribution is -2.30. The number of carbonyl (C=O) groups excluding carboxylic acids is 1. The number of Topliss-reactive ketones (excluding diaryl/α,β-unsaturated/α-hetero) is 1. The Bertz CT molecular complexity index is 489. The van der Waals surface area contributed by atoms with Gasteiger partial charge >= 0.3 is 0 Å². The highest BCUT2D eigenvalue weighted by atomic mass is 19.1. The Balaban J connectivity index is 2.29. The molecule has 1 aromatic rings. The third-order valence-electron chi connectivity index (χ3n) is 3.71. The maximum Gasteiger partial charge on any atom is 0.211 e. The maximum absolute atomic E-state index is 13.3. The van der Waals surface area contributed by atoms with E-state index in [9.17, 15) is 19.3 Å². The van der Waals surface area contributed by atoms with Crippen LogP contribution in [0.3, 0.4) is 0 Å². The summed E-state index contributed by atoms with van der Waals surface area (Å²) < 4.78 is 13.3. The summed E-state index contributed by atoms with van der Waals surface area (Å²) in [5.41, 5.74) is 0.553. The third kappa shape index (κ3) is 3.36. The van der Waals surface area contributed by atoms with E-state index in [1.54, 1.807) is 6.07 Å². The van der Waals surface area contributed by atoms with Crippen LogP contribution in [0.15, 0.2) is 24.3 Å². The molecule has 0 heterocycles. The molecule has 2 rings (SSSR count). The molecule has 4 nitrogen and oxygen atoms in total. The van der Waals surface area contributed by atoms with Crippen molar-refractivity contribution in [2.75, 3.05) is 6.54 Å². The van der Waals surface area contributed by atoms with Gasteiger partial charge in [0.1, 0.15) is 11.6 Å². The average molecular weight is 265 g/mol. The monoisotopic (exact) mass is 265 g/mol. The van der Waals surface area contributed by atoms with Crippen molar-refractivity contribution in [2.24, 2.45) is 5.92 Å². The standard InChI is InChI=1S/C14H16FNO3/c15-11-5-3-4-10(8-11)13(9-16(18)19)12-6-1-2-7-14(12)17/h3-5,8,12-13H,1-2,6-7,9H2/t12-,13-/m0/s1. The summed E-state index contributed by atoms with van der Waals surface area (Å²) in [6, 6.07) is 5.80. The third-order valence-corrected chi connectivity index (χ3v) is 3.71. The molecule has 102 valence electrons. The van der Waals surface area contributed by atoms with Gasteiger partial charge < -0.3 is 0 Å². The molecule has 0 unspecified atom stereocenters. The minimum Gasteiger partial charge on any atom is -0.299 e. The zero-order valence-corrected chi connectivity index (χ0v) is 10.5. The van der Waals surface area contributed by atoms with E-state index < -0.39 is 16.7 Å². The maximum atomic E-state index is 13.3. The van der Waals surface area contributed by atoms with Crippen molar-refractivity contribution in [3.8, 4) is 0 Å². The number of nitrogens with zero attached hydrogens (tertiary/aromatic N) is 1. The molecule has 0 spiro atoms. The highest BCUT2D eigenvalue weighted by Gasteiger charge is 2.34. The molecule has 0 amide bonds. The highest BCUT2D eigenvalue weighted by Crippen LogP contribution is 2.34. The quantitative estimate of drug-likeness (QED) is 0.621. The summed E-state index contributed by atoms with van der Waals surface area (Å²) in [6.07, 6.45) is 2.89. The second kappa shape index (κ2) is 5.91. The molecule has 1 aliphatic carbocycles. The Kier molecular flexibility index (Phi) is 4.24. The van der Waals surface area contributed by atoms with Gasteiger partial charge in [0.05, 0.1) is 5.92 Å². The summed E-state index contributed by atoms with van der Waals surface area (Å²) in [4.78, 5) is 22.4. The molecule has 1 aliphatic rings. The molecule has 1 saturated carbocycles. The van der Waals surface area contributed by atoms with Crippen LogP contribution in [0.5, 0.6) is 0 Å². The largest absolute Gasteiger partial charge is 0.299 e. The number of benzene rings is 1. The minimum atomic E-state index is -0.515. The van der Waals surface area contributed by atoms with E-state index in [4.69, 9.17) is 0 Å². The van der Waals surface area contributed by atoms with Gasteiger partial charge in [0.25, 0.3) is 0 Å². The first-order chi connectivity index (χ1) is 9.08. The number of carbonyl (C=O) groups is 1. The van der Waals surface area contributed by atoms with Crippen LogP contribution in [0.1, 0.15) is 37.2 Å². The molecule has 0 bridgehead atoms. The van der Waals surface area contributed by atoms with Gasteiger partial charge in [0, 0.05) is 17.3 Å². The molecule has 19 heavy (non-hydrogen) atoms. The van der Waals surface area contributed by atoms with Gasteiger partial charge in [0.15, 0.2) is 0 Å². The van der Waals surface area contributed by atoms with Gasteiger partial charge in [-0.3, -0.25) is 14.9 Å². The van der Waals surface area contributed by atoms with E-state index in [1.165, 1.54) is 18.2 Å².